The van der Waals surface area contributed by atoms with E-state index in [2.05, 4.69) is 42.4 Å². The zero-order valence-corrected chi connectivity index (χ0v) is 29.6. The summed E-state index contributed by atoms with van der Waals surface area (Å²) in [5.41, 5.74) is -1.89. The van der Waals surface area contributed by atoms with Crippen LogP contribution in [0.3, 0.4) is 0 Å². The van der Waals surface area contributed by atoms with Crippen molar-refractivity contribution in [3.63, 3.8) is 0 Å². The van der Waals surface area contributed by atoms with E-state index < -0.39 is 59.6 Å². The Labute approximate surface area is 308 Å². The molecule has 0 atom stereocenters. The molecule has 6 N–H and O–H groups in total. The van der Waals surface area contributed by atoms with Crippen molar-refractivity contribution in [2.75, 3.05) is 0 Å². The Morgan fingerprint density at radius 2 is 1.15 bits per heavy atom. The minimum absolute atomic E-state index is 0.0890. The maximum absolute atomic E-state index is 13.7. The molecule has 4 aromatic rings. The van der Waals surface area contributed by atoms with E-state index >= 15 is 0 Å². The molecule has 54 heavy (non-hydrogen) atoms. The first-order valence-corrected chi connectivity index (χ1v) is 18.5. The molecule has 2 aromatic heterocycles. The molecular formula is C40H42F4N6O4. The van der Waals surface area contributed by atoms with E-state index in [1.807, 2.05) is 36.4 Å². The molecular weight excluding hydrogens is 704 g/mol. The fourth-order valence-corrected chi connectivity index (χ4v) is 8.49. The lowest BCUT2D eigenvalue weighted by Gasteiger charge is -2.41. The molecule has 4 fully saturated rings. The highest BCUT2D eigenvalue weighted by atomic mass is 19.3. The average Bonchev–Trinajstić information content (AvgIpc) is 4.06. The number of halogens is 4. The molecule has 0 unspecified atom stereocenters. The van der Waals surface area contributed by atoms with Gasteiger partial charge in [-0.15, -0.1) is 0 Å². The van der Waals surface area contributed by atoms with Gasteiger partial charge in [0.05, 0.1) is 53.2 Å². The number of benzene rings is 2. The molecule has 2 amide bonds. The first-order valence-electron chi connectivity index (χ1n) is 18.5. The Bertz CT molecular complexity index is 2160. The molecule has 0 bridgehead atoms. The van der Waals surface area contributed by atoms with Crippen LogP contribution in [-0.4, -0.2) is 65.0 Å². The summed E-state index contributed by atoms with van der Waals surface area (Å²) in [4.78, 5) is 41.3. The Balaban J connectivity index is 0.853. The molecule has 2 heterocycles. The number of nitrogens with one attached hydrogen (secondary N) is 4. The largest absolute Gasteiger partial charge is 0.389 e. The number of carbonyl (C=O) groups is 2. The lowest BCUT2D eigenvalue weighted by molar-refractivity contribution is -0.156. The molecule has 0 spiro atoms. The van der Waals surface area contributed by atoms with Crippen LogP contribution >= 0.6 is 0 Å². The zero-order valence-electron chi connectivity index (χ0n) is 29.6. The van der Waals surface area contributed by atoms with Crippen LogP contribution in [0.2, 0.25) is 0 Å². The Hall–Kier alpha value is -4.74. The average molecular weight is 747 g/mol. The third-order valence-electron chi connectivity index (χ3n) is 12.4. The number of alkyl halides is 4. The topological polar surface area (TPSA) is 156 Å². The van der Waals surface area contributed by atoms with Gasteiger partial charge in [-0.05, 0) is 86.3 Å². The van der Waals surface area contributed by atoms with Gasteiger partial charge >= 0.3 is 0 Å². The van der Waals surface area contributed by atoms with Crippen LogP contribution in [0.15, 0.2) is 48.8 Å². The van der Waals surface area contributed by atoms with E-state index in [0.29, 0.717) is 43.0 Å². The van der Waals surface area contributed by atoms with Crippen molar-refractivity contribution in [2.24, 2.45) is 10.8 Å². The van der Waals surface area contributed by atoms with Crippen LogP contribution in [0.25, 0.3) is 22.0 Å². The maximum Gasteiger partial charge on any atom is 0.248 e. The van der Waals surface area contributed by atoms with Gasteiger partial charge in [0.2, 0.25) is 23.7 Å². The highest BCUT2D eigenvalue weighted by molar-refractivity contribution is 5.89. The van der Waals surface area contributed by atoms with Gasteiger partial charge in [-0.1, -0.05) is 24.1 Å². The second-order valence-corrected chi connectivity index (χ2v) is 15.8. The first kappa shape index (κ1) is 36.2. The van der Waals surface area contributed by atoms with Gasteiger partial charge in [-0.2, -0.15) is 0 Å². The fraction of sp³-hybridized carbons (Fsp3) is 0.500. The highest BCUT2D eigenvalue weighted by Crippen LogP contribution is 2.61. The lowest BCUT2D eigenvalue weighted by atomic mass is 9.71. The molecule has 0 aliphatic heterocycles. The summed E-state index contributed by atoms with van der Waals surface area (Å²) in [6, 6.07) is 11.8. The second-order valence-electron chi connectivity index (χ2n) is 15.8. The van der Waals surface area contributed by atoms with Crippen LogP contribution < -0.4 is 10.6 Å². The smallest absolute Gasteiger partial charge is 0.248 e. The van der Waals surface area contributed by atoms with E-state index in [0.717, 1.165) is 27.6 Å². The van der Waals surface area contributed by atoms with Crippen molar-refractivity contribution in [1.82, 2.24) is 30.6 Å². The van der Waals surface area contributed by atoms with Crippen molar-refractivity contribution in [3.8, 4) is 23.1 Å². The van der Waals surface area contributed by atoms with E-state index in [4.69, 9.17) is 0 Å². The van der Waals surface area contributed by atoms with Crippen molar-refractivity contribution >= 4 is 22.6 Å². The number of aliphatic hydroxyl groups is 2. The lowest BCUT2D eigenvalue weighted by Crippen LogP contribution is -2.52. The normalized spacial score (nSPS) is 22.4. The predicted molar refractivity (Wildman–Crippen MR) is 190 cm³/mol. The summed E-state index contributed by atoms with van der Waals surface area (Å²) < 4.78 is 54.8. The molecule has 4 saturated carbocycles. The molecule has 284 valence electrons. The highest BCUT2D eigenvalue weighted by Gasteiger charge is 2.66. The summed E-state index contributed by atoms with van der Waals surface area (Å²) in [5.74, 6) is 0.955. The van der Waals surface area contributed by atoms with E-state index in [1.165, 1.54) is 0 Å². The van der Waals surface area contributed by atoms with Crippen LogP contribution in [0, 0.1) is 22.7 Å². The third kappa shape index (κ3) is 6.77. The van der Waals surface area contributed by atoms with Gasteiger partial charge in [0.25, 0.3) is 0 Å². The number of imidazole rings is 2. The minimum Gasteiger partial charge on any atom is -0.389 e. The summed E-state index contributed by atoms with van der Waals surface area (Å²) in [6.07, 6.45) is 3.13. The fourth-order valence-electron chi connectivity index (χ4n) is 8.49. The quantitative estimate of drug-likeness (QED) is 0.0909. The molecule has 14 heteroatoms. The molecule has 0 saturated heterocycles. The van der Waals surface area contributed by atoms with Gasteiger partial charge in [-0.3, -0.25) is 9.59 Å². The molecule has 8 rings (SSSR count). The van der Waals surface area contributed by atoms with E-state index in [1.54, 1.807) is 12.4 Å². The van der Waals surface area contributed by atoms with E-state index in [9.17, 15) is 37.4 Å². The van der Waals surface area contributed by atoms with Crippen LogP contribution in [0.1, 0.15) is 100.0 Å². The summed E-state index contributed by atoms with van der Waals surface area (Å²) in [5, 5.41) is 29.9. The molecule has 2 aromatic carbocycles. The number of amides is 2. The van der Waals surface area contributed by atoms with Crippen LogP contribution in [0.4, 0.5) is 17.6 Å². The Kier molecular flexibility index (Phi) is 8.69. The standard InChI is InChI=1S/C40H42F4N6O4/c41-39(42)15-11-37(53,12-16-39)35(7-8-35)33(51)47-23-31-45-21-29(49-31)6-2-25-1-3-27-20-28(5-4-26(27)19-25)30-22-46-32(50-30)24-48-34(52)36(9-10-36)38(54)13-17-40(43,44)18-14-38/h1,3-5,19-22,53-54H,7-18,23-24H2,(H,45,49)(H,46,50)(H,47,51)(H,48,52). The second kappa shape index (κ2) is 12.9. The number of hydrogen-bond donors (Lipinski definition) is 6. The number of nitrogens with zero attached hydrogens (tertiary/aromatic N) is 2. The van der Waals surface area contributed by atoms with E-state index in [-0.39, 0.29) is 50.6 Å². The molecule has 0 radical (unpaired) electrons. The zero-order chi connectivity index (χ0) is 38.0. The third-order valence-corrected chi connectivity index (χ3v) is 12.4. The Morgan fingerprint density at radius 3 is 1.70 bits per heavy atom. The van der Waals surface area contributed by atoms with Gasteiger partial charge < -0.3 is 30.8 Å². The minimum atomic E-state index is -2.80. The van der Waals surface area contributed by atoms with Crippen molar-refractivity contribution < 1.29 is 37.4 Å². The number of aromatic nitrogens is 4. The predicted octanol–water partition coefficient (Wildman–Crippen LogP) is 6.03. The number of fused-ring (bicyclic) bond motifs is 1. The summed E-state index contributed by atoms with van der Waals surface area (Å²) >= 11 is 0. The number of carbonyl (C=O) groups excluding carboxylic acids is 2. The number of hydrogen-bond acceptors (Lipinski definition) is 6. The molecule has 10 nitrogen and oxygen atoms in total. The van der Waals surface area contributed by atoms with Crippen LogP contribution in [0.5, 0.6) is 0 Å². The van der Waals surface area contributed by atoms with Gasteiger partial charge in [0.15, 0.2) is 0 Å². The van der Waals surface area contributed by atoms with Crippen molar-refractivity contribution in [1.29, 1.82) is 0 Å². The summed E-state index contributed by atoms with van der Waals surface area (Å²) in [7, 11) is 0. The molecule has 4 aliphatic rings. The van der Waals surface area contributed by atoms with Gasteiger partial charge in [0.1, 0.15) is 17.3 Å². The number of rotatable bonds is 9. The van der Waals surface area contributed by atoms with Crippen LogP contribution in [-0.2, 0) is 22.7 Å². The maximum atomic E-state index is 13.7. The number of H-pyrrole nitrogens is 2. The monoisotopic (exact) mass is 746 g/mol. The number of aromatic amines is 2. The first-order chi connectivity index (χ1) is 25.6. The van der Waals surface area contributed by atoms with Crippen molar-refractivity contribution in [2.45, 2.75) is 113 Å². The van der Waals surface area contributed by atoms with Gasteiger partial charge in [0, 0.05) is 36.8 Å². The molecule has 4 aliphatic carbocycles. The Morgan fingerprint density at radius 1 is 0.648 bits per heavy atom. The SMILES string of the molecule is O=C(NCc1ncc(C#Cc2ccc3cc(-c4cnc(CNC(=O)C5(C6(O)CCC(F)(F)CC6)CC5)[nH]4)ccc3c2)[nH]1)C1(C2(O)CCC(F)(F)CC2)CC1. The van der Waals surface area contributed by atoms with Crippen molar-refractivity contribution in [3.05, 3.63) is 71.7 Å². The summed E-state index contributed by atoms with van der Waals surface area (Å²) in [6.45, 7) is 0.210. The van der Waals surface area contributed by atoms with Gasteiger partial charge in [-0.25, -0.2) is 27.5 Å².